The molecule has 1 aliphatic rings. The molecular formula is C22H20N6O4S. The number of anilines is 1. The molecule has 168 valence electrons. The fourth-order valence-electron chi connectivity index (χ4n) is 3.85. The van der Waals surface area contributed by atoms with Crippen LogP contribution in [-0.4, -0.2) is 53.3 Å². The van der Waals surface area contributed by atoms with Gasteiger partial charge in [0.1, 0.15) is 17.0 Å². The van der Waals surface area contributed by atoms with E-state index < -0.39 is 15.9 Å². The second kappa shape index (κ2) is 7.85. The number of nitrogens with zero attached hydrogens (tertiary/aromatic N) is 4. The first kappa shape index (κ1) is 20.9. The molecule has 2 aromatic heterocycles. The summed E-state index contributed by atoms with van der Waals surface area (Å²) in [7, 11) is -2.02. The second-order valence-electron chi connectivity index (χ2n) is 7.78. The Morgan fingerprint density at radius 3 is 2.64 bits per heavy atom. The molecule has 0 unspecified atom stereocenters. The molecule has 1 fully saturated rings. The van der Waals surface area contributed by atoms with Crippen molar-refractivity contribution in [1.29, 1.82) is 0 Å². The van der Waals surface area contributed by atoms with Gasteiger partial charge in [-0.05, 0) is 42.8 Å². The number of rotatable bonds is 4. The molecule has 0 atom stereocenters. The number of amides is 1. The van der Waals surface area contributed by atoms with Gasteiger partial charge in [-0.1, -0.05) is 12.1 Å². The minimum absolute atomic E-state index is 0.0417. The van der Waals surface area contributed by atoms with Crippen molar-refractivity contribution >= 4 is 44.0 Å². The van der Waals surface area contributed by atoms with Crippen LogP contribution < -0.4 is 10.9 Å². The van der Waals surface area contributed by atoms with E-state index in [1.54, 1.807) is 24.3 Å². The molecule has 0 radical (unpaired) electrons. The van der Waals surface area contributed by atoms with Crippen molar-refractivity contribution in [1.82, 2.24) is 19.5 Å². The smallest absolute Gasteiger partial charge is 0.283 e. The summed E-state index contributed by atoms with van der Waals surface area (Å²) < 4.78 is 30.6. The number of likely N-dealkylation sites (tertiary alicyclic amines) is 1. The predicted molar refractivity (Wildman–Crippen MR) is 124 cm³/mol. The molecule has 0 aliphatic carbocycles. The fourth-order valence-corrected chi connectivity index (χ4v) is 4.95. The highest BCUT2D eigenvalue weighted by Gasteiger charge is 2.21. The second-order valence-corrected chi connectivity index (χ2v) is 9.38. The molecule has 2 N–H and O–H groups in total. The minimum atomic E-state index is -3.84. The summed E-state index contributed by atoms with van der Waals surface area (Å²) in [5.74, 6) is 0.0568. The van der Waals surface area contributed by atoms with E-state index in [1.807, 2.05) is 11.9 Å². The zero-order chi connectivity index (χ0) is 23.2. The summed E-state index contributed by atoms with van der Waals surface area (Å²) in [6.07, 6.45) is 2.88. The average Bonchev–Trinajstić information content (AvgIpc) is 3.40. The van der Waals surface area contributed by atoms with Crippen molar-refractivity contribution in [3.05, 3.63) is 70.6 Å². The van der Waals surface area contributed by atoms with Crippen molar-refractivity contribution in [3.63, 3.8) is 0 Å². The Balaban J connectivity index is 1.41. The molecule has 2 aromatic carbocycles. The third-order valence-corrected chi connectivity index (χ3v) is 6.91. The molecule has 1 aliphatic heterocycles. The van der Waals surface area contributed by atoms with Crippen molar-refractivity contribution in [2.75, 3.05) is 18.9 Å². The molecule has 3 heterocycles. The lowest BCUT2D eigenvalue weighted by atomic mass is 10.2. The molecule has 5 rings (SSSR count). The largest absolute Gasteiger partial charge is 0.362 e. The number of benzene rings is 2. The van der Waals surface area contributed by atoms with E-state index in [4.69, 9.17) is 0 Å². The Labute approximate surface area is 188 Å². The Morgan fingerprint density at radius 1 is 1.15 bits per heavy atom. The normalized spacial score (nSPS) is 15.5. The third kappa shape index (κ3) is 3.76. The van der Waals surface area contributed by atoms with Crippen LogP contribution in [-0.2, 0) is 10.0 Å². The first-order chi connectivity index (χ1) is 15.8. The van der Waals surface area contributed by atoms with Crippen molar-refractivity contribution in [2.45, 2.75) is 17.7 Å². The maximum atomic E-state index is 12.9. The lowest BCUT2D eigenvalue weighted by Crippen LogP contribution is -2.20. The number of sulfonamides is 1. The lowest BCUT2D eigenvalue weighted by Gasteiger charge is -2.11. The Kier molecular flexibility index (Phi) is 4.97. The van der Waals surface area contributed by atoms with Gasteiger partial charge in [-0.25, -0.2) is 4.52 Å². The standard InChI is InChI=1S/C22H20N6O4S/c1-27-12-4-7-19(27)26-33(31,32)15-10-8-14(9-11-15)24-22(30)17-13-23-28-18-6-3-2-5-16(18)21(29)25-20(17)28/h2-3,5-6,8-11,13H,4,7,12H2,1H3,(H,24,30)(H,25,29)/b26-19+. The van der Waals surface area contributed by atoms with E-state index in [2.05, 4.69) is 19.8 Å². The van der Waals surface area contributed by atoms with E-state index in [-0.39, 0.29) is 21.7 Å². The van der Waals surface area contributed by atoms with Gasteiger partial charge in [0.15, 0.2) is 0 Å². The quantitative estimate of drug-likeness (QED) is 0.477. The molecule has 33 heavy (non-hydrogen) atoms. The topological polar surface area (TPSA) is 129 Å². The van der Waals surface area contributed by atoms with Gasteiger partial charge in [-0.15, -0.1) is 4.40 Å². The maximum Gasteiger partial charge on any atom is 0.283 e. The van der Waals surface area contributed by atoms with Crippen LogP contribution in [0.3, 0.4) is 0 Å². The van der Waals surface area contributed by atoms with Gasteiger partial charge in [-0.3, -0.25) is 9.59 Å². The van der Waals surface area contributed by atoms with Crippen LogP contribution in [0.2, 0.25) is 0 Å². The molecule has 0 saturated carbocycles. The summed E-state index contributed by atoms with van der Waals surface area (Å²) in [6, 6.07) is 12.7. The number of hydrogen-bond acceptors (Lipinski definition) is 5. The SMILES string of the molecule is CN1CCC/C1=N\S(=O)(=O)c1ccc(NC(=O)c2cnn3c2[nH]c(=O)c2ccccc23)cc1. The van der Waals surface area contributed by atoms with Crippen LogP contribution in [0.5, 0.6) is 0 Å². The van der Waals surface area contributed by atoms with Gasteiger partial charge >= 0.3 is 0 Å². The molecule has 1 saturated heterocycles. The lowest BCUT2D eigenvalue weighted by molar-refractivity contribution is 0.102. The van der Waals surface area contributed by atoms with Crippen LogP contribution in [0.15, 0.2) is 68.8 Å². The zero-order valence-electron chi connectivity index (χ0n) is 17.6. The van der Waals surface area contributed by atoms with E-state index in [1.165, 1.54) is 35.0 Å². The van der Waals surface area contributed by atoms with Gasteiger partial charge in [-0.2, -0.15) is 13.5 Å². The number of aromatic amines is 1. The number of amidine groups is 1. The fraction of sp³-hybridized carbons (Fsp3) is 0.182. The molecule has 0 spiro atoms. The summed E-state index contributed by atoms with van der Waals surface area (Å²) in [5, 5.41) is 7.41. The van der Waals surface area contributed by atoms with Crippen molar-refractivity contribution < 1.29 is 13.2 Å². The summed E-state index contributed by atoms with van der Waals surface area (Å²) >= 11 is 0. The van der Waals surface area contributed by atoms with Crippen LogP contribution >= 0.6 is 0 Å². The maximum absolute atomic E-state index is 12.9. The van der Waals surface area contributed by atoms with Gasteiger partial charge in [0.25, 0.3) is 21.5 Å². The van der Waals surface area contributed by atoms with Gasteiger partial charge < -0.3 is 15.2 Å². The Hall–Kier alpha value is -3.99. The average molecular weight is 465 g/mol. The number of nitrogens with one attached hydrogen (secondary N) is 2. The number of fused-ring (bicyclic) bond motifs is 3. The van der Waals surface area contributed by atoms with Gasteiger partial charge in [0.05, 0.1) is 22.0 Å². The van der Waals surface area contributed by atoms with Crippen LogP contribution in [0.4, 0.5) is 5.69 Å². The van der Waals surface area contributed by atoms with Gasteiger partial charge in [0.2, 0.25) is 0 Å². The van der Waals surface area contributed by atoms with Crippen LogP contribution in [0.25, 0.3) is 16.6 Å². The van der Waals surface area contributed by atoms with Crippen molar-refractivity contribution in [3.8, 4) is 0 Å². The van der Waals surface area contributed by atoms with E-state index in [0.717, 1.165) is 13.0 Å². The van der Waals surface area contributed by atoms with E-state index in [9.17, 15) is 18.0 Å². The highest BCUT2D eigenvalue weighted by molar-refractivity contribution is 7.90. The van der Waals surface area contributed by atoms with Crippen LogP contribution in [0.1, 0.15) is 23.2 Å². The van der Waals surface area contributed by atoms with Crippen LogP contribution in [0, 0.1) is 0 Å². The number of H-pyrrole nitrogens is 1. The highest BCUT2D eigenvalue weighted by atomic mass is 32.2. The molecule has 10 nitrogen and oxygen atoms in total. The third-order valence-electron chi connectivity index (χ3n) is 5.59. The zero-order valence-corrected chi connectivity index (χ0v) is 18.5. The first-order valence-corrected chi connectivity index (χ1v) is 11.7. The summed E-state index contributed by atoms with van der Waals surface area (Å²) in [5.41, 5.74) is 1.11. The number of para-hydroxylation sites is 1. The molecule has 4 aromatic rings. The Morgan fingerprint density at radius 2 is 1.91 bits per heavy atom. The number of carbonyl (C=O) groups is 1. The Bertz CT molecular complexity index is 1580. The molecular weight excluding hydrogens is 444 g/mol. The molecule has 0 bridgehead atoms. The van der Waals surface area contributed by atoms with E-state index >= 15 is 0 Å². The van der Waals surface area contributed by atoms with Crippen molar-refractivity contribution in [2.24, 2.45) is 4.40 Å². The molecule has 11 heteroatoms. The monoisotopic (exact) mass is 464 g/mol. The highest BCUT2D eigenvalue weighted by Crippen LogP contribution is 2.20. The number of carbonyl (C=O) groups excluding carboxylic acids is 1. The number of hydrogen-bond donors (Lipinski definition) is 2. The summed E-state index contributed by atoms with van der Waals surface area (Å²) in [6.45, 7) is 0.782. The summed E-state index contributed by atoms with van der Waals surface area (Å²) in [4.78, 5) is 29.8. The first-order valence-electron chi connectivity index (χ1n) is 10.3. The number of aromatic nitrogens is 3. The molecule has 1 amide bonds. The minimum Gasteiger partial charge on any atom is -0.362 e. The van der Waals surface area contributed by atoms with E-state index in [0.29, 0.717) is 28.8 Å². The van der Waals surface area contributed by atoms with Gasteiger partial charge in [0, 0.05) is 25.7 Å². The predicted octanol–water partition coefficient (Wildman–Crippen LogP) is 2.24.